The monoisotopic (exact) mass is 242 g/mol. The summed E-state index contributed by atoms with van der Waals surface area (Å²) in [7, 11) is 5.41. The van der Waals surface area contributed by atoms with Gasteiger partial charge in [0.15, 0.2) is 0 Å². The van der Waals surface area contributed by atoms with Crippen LogP contribution in [0.3, 0.4) is 0 Å². The van der Waals surface area contributed by atoms with E-state index in [1.165, 1.54) is 7.11 Å². The molecule has 5 heteroatoms. The van der Waals surface area contributed by atoms with Crippen LogP contribution in [-0.4, -0.2) is 45.2 Å². The lowest BCUT2D eigenvalue weighted by molar-refractivity contribution is -0.143. The van der Waals surface area contributed by atoms with Crippen molar-refractivity contribution < 1.29 is 9.53 Å². The normalized spacial score (nSPS) is 12.8. The Labute approximate surface area is 100 Å². The number of thiophene rings is 1. The number of methoxy groups -OCH3 is 1. The number of hydrogen-bond acceptors (Lipinski definition) is 5. The lowest BCUT2D eigenvalue weighted by Gasteiger charge is -2.17. The third kappa shape index (κ3) is 3.92. The van der Waals surface area contributed by atoms with Gasteiger partial charge in [0.1, 0.15) is 6.04 Å². The highest BCUT2D eigenvalue weighted by Gasteiger charge is 2.20. The number of likely N-dealkylation sites (N-methyl/N-ethyl adjacent to an activating group) is 1. The number of nitrogens with one attached hydrogen (secondary N) is 1. The molecule has 1 aromatic heterocycles. The molecule has 0 aliphatic heterocycles. The van der Waals surface area contributed by atoms with E-state index in [4.69, 9.17) is 4.74 Å². The van der Waals surface area contributed by atoms with Crippen molar-refractivity contribution in [2.24, 2.45) is 0 Å². The molecule has 0 aliphatic carbocycles. The summed E-state index contributed by atoms with van der Waals surface area (Å²) in [5.74, 6) is -0.239. The van der Waals surface area contributed by atoms with Crippen molar-refractivity contribution in [2.45, 2.75) is 6.04 Å². The van der Waals surface area contributed by atoms with Crippen molar-refractivity contribution in [3.8, 4) is 0 Å². The van der Waals surface area contributed by atoms with Crippen molar-refractivity contribution in [1.82, 2.24) is 10.2 Å². The number of rotatable bonds is 6. The minimum Gasteiger partial charge on any atom is -0.468 e. The predicted molar refractivity (Wildman–Crippen MR) is 65.6 cm³/mol. The largest absolute Gasteiger partial charge is 0.468 e. The molecular weight excluding hydrogens is 224 g/mol. The van der Waals surface area contributed by atoms with Crippen molar-refractivity contribution in [1.29, 1.82) is 0 Å². The molecular formula is C11H18N2O2S. The summed E-state index contributed by atoms with van der Waals surface area (Å²) in [5.41, 5.74) is 0.968. The average Bonchev–Trinajstić information content (AvgIpc) is 2.76. The molecule has 0 fully saturated rings. The average molecular weight is 242 g/mol. The first-order chi connectivity index (χ1) is 7.65. The lowest BCUT2D eigenvalue weighted by Crippen LogP contribution is -2.34. The van der Waals surface area contributed by atoms with Gasteiger partial charge in [0.25, 0.3) is 0 Å². The molecule has 0 spiro atoms. The molecule has 1 aromatic rings. The van der Waals surface area contributed by atoms with Crippen LogP contribution in [0.2, 0.25) is 0 Å². The molecule has 4 nitrogen and oxygen atoms in total. The summed E-state index contributed by atoms with van der Waals surface area (Å²) < 4.78 is 4.78. The zero-order valence-corrected chi connectivity index (χ0v) is 10.7. The molecule has 0 radical (unpaired) electrons. The standard InChI is InChI=1S/C11H18N2O2S/c1-13(2)6-5-12-10(11(14)15-3)9-4-7-16-8-9/h4,7-8,10,12H,5-6H2,1-3H3. The van der Waals surface area contributed by atoms with Gasteiger partial charge >= 0.3 is 5.97 Å². The Kier molecular flexibility index (Phi) is 5.45. The van der Waals surface area contributed by atoms with Crippen LogP contribution in [0.15, 0.2) is 16.8 Å². The second-order valence-corrected chi connectivity index (χ2v) is 4.55. The Balaban J connectivity index is 2.55. The molecule has 0 amide bonds. The van der Waals surface area contributed by atoms with Crippen molar-refractivity contribution in [2.75, 3.05) is 34.3 Å². The molecule has 0 aromatic carbocycles. The molecule has 0 aliphatic rings. The van der Waals surface area contributed by atoms with Gasteiger partial charge in [-0.15, -0.1) is 0 Å². The maximum absolute atomic E-state index is 11.6. The van der Waals surface area contributed by atoms with Crippen LogP contribution in [0.4, 0.5) is 0 Å². The second kappa shape index (κ2) is 6.62. The van der Waals surface area contributed by atoms with E-state index in [0.29, 0.717) is 0 Å². The summed E-state index contributed by atoms with van der Waals surface area (Å²) in [6.07, 6.45) is 0. The first-order valence-electron chi connectivity index (χ1n) is 5.13. The van der Waals surface area contributed by atoms with Crippen molar-refractivity contribution in [3.05, 3.63) is 22.4 Å². The molecule has 16 heavy (non-hydrogen) atoms. The summed E-state index contributed by atoms with van der Waals surface area (Å²) in [6.45, 7) is 1.64. The van der Waals surface area contributed by atoms with Crippen molar-refractivity contribution >= 4 is 17.3 Å². The number of carbonyl (C=O) groups excluding carboxylic acids is 1. The van der Waals surface area contributed by atoms with Crippen LogP contribution >= 0.6 is 11.3 Å². The van der Waals surface area contributed by atoms with E-state index >= 15 is 0 Å². The molecule has 1 rings (SSSR count). The molecule has 1 unspecified atom stereocenters. The fraction of sp³-hybridized carbons (Fsp3) is 0.545. The first-order valence-corrected chi connectivity index (χ1v) is 6.07. The first kappa shape index (κ1) is 13.2. The highest BCUT2D eigenvalue weighted by molar-refractivity contribution is 7.08. The Bertz CT molecular complexity index is 312. The number of nitrogens with zero attached hydrogens (tertiary/aromatic N) is 1. The van der Waals surface area contributed by atoms with E-state index in [9.17, 15) is 4.79 Å². The smallest absolute Gasteiger partial charge is 0.327 e. The highest BCUT2D eigenvalue weighted by Crippen LogP contribution is 2.17. The van der Waals surface area contributed by atoms with Crippen LogP contribution < -0.4 is 5.32 Å². The maximum Gasteiger partial charge on any atom is 0.327 e. The Morgan fingerprint density at radius 1 is 1.62 bits per heavy atom. The van der Waals surface area contributed by atoms with E-state index < -0.39 is 0 Å². The molecule has 0 saturated heterocycles. The molecule has 90 valence electrons. The van der Waals surface area contributed by atoms with E-state index in [-0.39, 0.29) is 12.0 Å². The van der Waals surface area contributed by atoms with E-state index in [2.05, 4.69) is 10.2 Å². The maximum atomic E-state index is 11.6. The van der Waals surface area contributed by atoms with Gasteiger partial charge in [-0.2, -0.15) is 11.3 Å². The van der Waals surface area contributed by atoms with Crippen LogP contribution in [0, 0.1) is 0 Å². The summed E-state index contributed by atoms with van der Waals surface area (Å²) in [6, 6.07) is 1.59. The zero-order valence-electron chi connectivity index (χ0n) is 9.90. The second-order valence-electron chi connectivity index (χ2n) is 3.77. The molecule has 1 heterocycles. The van der Waals surface area contributed by atoms with E-state index in [0.717, 1.165) is 18.7 Å². The third-order valence-corrected chi connectivity index (χ3v) is 2.92. The Morgan fingerprint density at radius 2 is 2.38 bits per heavy atom. The fourth-order valence-electron chi connectivity index (χ4n) is 1.33. The highest BCUT2D eigenvalue weighted by atomic mass is 32.1. The van der Waals surface area contributed by atoms with Crippen LogP contribution in [0.1, 0.15) is 11.6 Å². The molecule has 1 atom stereocenters. The van der Waals surface area contributed by atoms with Gasteiger partial charge < -0.3 is 9.64 Å². The number of carbonyl (C=O) groups is 1. The molecule has 1 N–H and O–H groups in total. The minimum absolute atomic E-state index is 0.239. The summed E-state index contributed by atoms with van der Waals surface area (Å²) in [4.78, 5) is 13.7. The third-order valence-electron chi connectivity index (χ3n) is 2.22. The summed E-state index contributed by atoms with van der Waals surface area (Å²) in [5, 5.41) is 7.11. The van der Waals surface area contributed by atoms with Crippen LogP contribution in [-0.2, 0) is 9.53 Å². The van der Waals surface area contributed by atoms with E-state index in [1.54, 1.807) is 11.3 Å². The minimum atomic E-state index is -0.351. The van der Waals surface area contributed by atoms with Gasteiger partial charge in [-0.05, 0) is 36.5 Å². The quantitative estimate of drug-likeness (QED) is 0.759. The lowest BCUT2D eigenvalue weighted by atomic mass is 10.1. The van der Waals surface area contributed by atoms with Crippen molar-refractivity contribution in [3.63, 3.8) is 0 Å². The van der Waals surface area contributed by atoms with Gasteiger partial charge in [-0.1, -0.05) is 0 Å². The Hall–Kier alpha value is -0.910. The SMILES string of the molecule is COC(=O)C(NCCN(C)C)c1ccsc1. The van der Waals surface area contributed by atoms with Gasteiger partial charge in [0, 0.05) is 13.1 Å². The number of hydrogen-bond donors (Lipinski definition) is 1. The molecule has 0 bridgehead atoms. The molecule has 0 saturated carbocycles. The van der Waals surface area contributed by atoms with Gasteiger partial charge in [0.2, 0.25) is 0 Å². The van der Waals surface area contributed by atoms with Gasteiger partial charge in [-0.3, -0.25) is 5.32 Å². The predicted octanol–water partition coefficient (Wildman–Crippen LogP) is 1.11. The van der Waals surface area contributed by atoms with Crippen LogP contribution in [0.5, 0.6) is 0 Å². The zero-order chi connectivity index (χ0) is 12.0. The van der Waals surface area contributed by atoms with Crippen LogP contribution in [0.25, 0.3) is 0 Å². The number of esters is 1. The Morgan fingerprint density at radius 3 is 2.88 bits per heavy atom. The summed E-state index contributed by atoms with van der Waals surface area (Å²) >= 11 is 1.58. The van der Waals surface area contributed by atoms with Gasteiger partial charge in [0.05, 0.1) is 7.11 Å². The number of ether oxygens (including phenoxy) is 1. The van der Waals surface area contributed by atoms with E-state index in [1.807, 2.05) is 30.9 Å². The fourth-order valence-corrected chi connectivity index (χ4v) is 2.01. The van der Waals surface area contributed by atoms with Gasteiger partial charge in [-0.25, -0.2) is 4.79 Å². The topological polar surface area (TPSA) is 41.6 Å².